The maximum atomic E-state index is 5.42. The average Bonchev–Trinajstić information content (AvgIpc) is 2.18. The fourth-order valence-electron chi connectivity index (χ4n) is 1.06. The van der Waals surface area contributed by atoms with Gasteiger partial charge in [-0.1, -0.05) is 19.8 Å². The molecule has 0 aliphatic rings. The highest BCUT2D eigenvalue weighted by Gasteiger charge is 2.19. The molecule has 0 aromatic carbocycles. The van der Waals surface area contributed by atoms with E-state index in [2.05, 4.69) is 30.0 Å². The third kappa shape index (κ3) is 2.11. The summed E-state index contributed by atoms with van der Waals surface area (Å²) < 4.78 is 0. The fourth-order valence-corrected chi connectivity index (χ4v) is 1.06. The summed E-state index contributed by atoms with van der Waals surface area (Å²) in [6.07, 6.45) is 5.42. The molecule has 0 bridgehead atoms. The van der Waals surface area contributed by atoms with Gasteiger partial charge in [-0.25, -0.2) is 0 Å². The van der Waals surface area contributed by atoms with E-state index in [4.69, 9.17) is 6.42 Å². The Bertz CT molecular complexity index is 342. The summed E-state index contributed by atoms with van der Waals surface area (Å²) in [5.74, 6) is 3.11. The van der Waals surface area contributed by atoms with E-state index in [-0.39, 0.29) is 5.41 Å². The second-order valence-electron chi connectivity index (χ2n) is 4.27. The Morgan fingerprint density at radius 2 is 1.93 bits per heavy atom. The summed E-state index contributed by atoms with van der Waals surface area (Å²) >= 11 is 0. The van der Waals surface area contributed by atoms with Crippen LogP contribution in [0.5, 0.6) is 0 Å². The van der Waals surface area contributed by atoms with Crippen molar-refractivity contribution in [1.82, 2.24) is 10.2 Å². The molecular formula is C12H16N2. The molecule has 0 amide bonds. The Balaban J connectivity index is 3.01. The first-order valence-corrected chi connectivity index (χ1v) is 4.79. The average molecular weight is 188 g/mol. The maximum Gasteiger partial charge on any atom is 0.0806 e. The van der Waals surface area contributed by atoms with E-state index in [1.165, 1.54) is 0 Å². The molecule has 0 radical (unpaired) electrons. The van der Waals surface area contributed by atoms with Gasteiger partial charge in [0.15, 0.2) is 0 Å². The van der Waals surface area contributed by atoms with Gasteiger partial charge in [0.1, 0.15) is 0 Å². The van der Waals surface area contributed by atoms with Crippen molar-refractivity contribution in [2.75, 3.05) is 0 Å². The quantitative estimate of drug-likeness (QED) is 0.666. The summed E-state index contributed by atoms with van der Waals surface area (Å²) in [5.41, 5.74) is 1.52. The third-order valence-corrected chi connectivity index (χ3v) is 2.28. The van der Waals surface area contributed by atoms with Crippen molar-refractivity contribution in [3.63, 3.8) is 0 Å². The lowest BCUT2D eigenvalue weighted by molar-refractivity contribution is 0.641. The van der Waals surface area contributed by atoms with Gasteiger partial charge >= 0.3 is 0 Å². The number of nitrogens with zero attached hydrogens (tertiary/aromatic N) is 2. The zero-order valence-electron chi connectivity index (χ0n) is 9.20. The van der Waals surface area contributed by atoms with Crippen LogP contribution in [-0.4, -0.2) is 10.2 Å². The van der Waals surface area contributed by atoms with Crippen LogP contribution < -0.4 is 0 Å². The highest BCUT2D eigenvalue weighted by Crippen LogP contribution is 2.20. The number of rotatable bonds is 2. The highest BCUT2D eigenvalue weighted by molar-refractivity contribution is 5.25. The number of aromatic nitrogens is 2. The van der Waals surface area contributed by atoms with Crippen LogP contribution in [0.2, 0.25) is 0 Å². The minimum atomic E-state index is -0.331. The van der Waals surface area contributed by atoms with E-state index in [0.29, 0.717) is 5.92 Å². The molecule has 0 fully saturated rings. The largest absolute Gasteiger partial charge is 0.155 e. The lowest BCUT2D eigenvalue weighted by atomic mass is 9.90. The smallest absolute Gasteiger partial charge is 0.0806 e. The molecular weight excluding hydrogens is 172 g/mol. The first kappa shape index (κ1) is 10.7. The minimum absolute atomic E-state index is 0.331. The predicted molar refractivity (Wildman–Crippen MR) is 58.0 cm³/mol. The molecule has 1 aromatic heterocycles. The molecule has 0 saturated heterocycles. The molecule has 1 aromatic rings. The molecule has 0 unspecified atom stereocenters. The van der Waals surface area contributed by atoms with Crippen molar-refractivity contribution in [2.45, 2.75) is 39.0 Å². The van der Waals surface area contributed by atoms with Gasteiger partial charge in [-0.15, -0.1) is 6.42 Å². The molecule has 74 valence electrons. The van der Waals surface area contributed by atoms with E-state index >= 15 is 0 Å². The lowest BCUT2D eigenvalue weighted by Crippen LogP contribution is -2.17. The van der Waals surface area contributed by atoms with E-state index in [9.17, 15) is 0 Å². The second-order valence-corrected chi connectivity index (χ2v) is 4.27. The first-order valence-electron chi connectivity index (χ1n) is 4.79. The normalized spacial score (nSPS) is 11.4. The van der Waals surface area contributed by atoms with E-state index in [1.807, 2.05) is 26.0 Å². The van der Waals surface area contributed by atoms with Gasteiger partial charge in [-0.3, -0.25) is 0 Å². The van der Waals surface area contributed by atoms with E-state index < -0.39 is 0 Å². The van der Waals surface area contributed by atoms with Crippen LogP contribution >= 0.6 is 0 Å². The van der Waals surface area contributed by atoms with Crippen LogP contribution in [0.15, 0.2) is 12.1 Å². The van der Waals surface area contributed by atoms with Crippen molar-refractivity contribution in [2.24, 2.45) is 0 Å². The lowest BCUT2D eigenvalue weighted by Gasteiger charge is -2.16. The zero-order chi connectivity index (χ0) is 10.8. The van der Waals surface area contributed by atoms with Crippen LogP contribution in [0.25, 0.3) is 0 Å². The van der Waals surface area contributed by atoms with Gasteiger partial charge in [-0.2, -0.15) is 10.2 Å². The monoisotopic (exact) mass is 188 g/mol. The number of terminal acetylenes is 1. The van der Waals surface area contributed by atoms with Gasteiger partial charge in [-0.05, 0) is 31.9 Å². The van der Waals surface area contributed by atoms with Crippen LogP contribution in [0.3, 0.4) is 0 Å². The van der Waals surface area contributed by atoms with Crippen molar-refractivity contribution in [3.05, 3.63) is 23.5 Å². The molecule has 0 aliphatic carbocycles. The summed E-state index contributed by atoms with van der Waals surface area (Å²) in [5, 5.41) is 8.30. The van der Waals surface area contributed by atoms with Crippen molar-refractivity contribution in [1.29, 1.82) is 0 Å². The molecule has 2 nitrogen and oxygen atoms in total. The second kappa shape index (κ2) is 3.79. The SMILES string of the molecule is C#CC(C)(C)c1ccc(C(C)C)nn1. The summed E-state index contributed by atoms with van der Waals surface area (Å²) in [6, 6.07) is 3.95. The van der Waals surface area contributed by atoms with Crippen LogP contribution in [0.4, 0.5) is 0 Å². The molecule has 14 heavy (non-hydrogen) atoms. The predicted octanol–water partition coefficient (Wildman–Crippen LogP) is 2.51. The molecule has 0 atom stereocenters. The Morgan fingerprint density at radius 3 is 2.29 bits per heavy atom. The summed E-state index contributed by atoms with van der Waals surface area (Å²) in [6.45, 7) is 8.12. The molecule has 1 rings (SSSR count). The van der Waals surface area contributed by atoms with Gasteiger partial charge in [0.25, 0.3) is 0 Å². The highest BCUT2D eigenvalue weighted by atomic mass is 15.1. The zero-order valence-corrected chi connectivity index (χ0v) is 9.20. The van der Waals surface area contributed by atoms with E-state index in [0.717, 1.165) is 11.4 Å². The molecule has 0 N–H and O–H groups in total. The van der Waals surface area contributed by atoms with Crippen molar-refractivity contribution < 1.29 is 0 Å². The Kier molecular flexibility index (Phi) is 2.90. The number of hydrogen-bond donors (Lipinski definition) is 0. The third-order valence-electron chi connectivity index (χ3n) is 2.28. The topological polar surface area (TPSA) is 25.8 Å². The Morgan fingerprint density at radius 1 is 1.29 bits per heavy atom. The van der Waals surface area contributed by atoms with Gasteiger partial charge in [0.2, 0.25) is 0 Å². The Hall–Kier alpha value is -1.36. The molecule has 0 aliphatic heterocycles. The first-order chi connectivity index (χ1) is 6.47. The van der Waals surface area contributed by atoms with Crippen LogP contribution in [0.1, 0.15) is 45.0 Å². The fraction of sp³-hybridized carbons (Fsp3) is 0.500. The molecule has 1 heterocycles. The Labute approximate surface area is 85.8 Å². The minimum Gasteiger partial charge on any atom is -0.155 e. The summed E-state index contributed by atoms with van der Waals surface area (Å²) in [7, 11) is 0. The van der Waals surface area contributed by atoms with Gasteiger partial charge < -0.3 is 0 Å². The van der Waals surface area contributed by atoms with Crippen LogP contribution in [-0.2, 0) is 5.41 Å². The molecule has 0 saturated carbocycles. The van der Waals surface area contributed by atoms with Crippen LogP contribution in [0, 0.1) is 12.3 Å². The standard InChI is InChI=1S/C12H16N2/c1-6-12(4,5)11-8-7-10(9(2)3)13-14-11/h1,7-9H,2-5H3. The number of hydrogen-bond acceptors (Lipinski definition) is 2. The van der Waals surface area contributed by atoms with Gasteiger partial charge in [0, 0.05) is 0 Å². The van der Waals surface area contributed by atoms with Gasteiger partial charge in [0.05, 0.1) is 16.8 Å². The molecule has 0 spiro atoms. The van der Waals surface area contributed by atoms with E-state index in [1.54, 1.807) is 0 Å². The maximum absolute atomic E-state index is 5.42. The summed E-state index contributed by atoms with van der Waals surface area (Å²) in [4.78, 5) is 0. The van der Waals surface area contributed by atoms with Crippen molar-refractivity contribution >= 4 is 0 Å². The molecule has 2 heteroatoms. The van der Waals surface area contributed by atoms with Crippen molar-refractivity contribution in [3.8, 4) is 12.3 Å².